The van der Waals surface area contributed by atoms with E-state index in [1.807, 2.05) is 11.9 Å². The van der Waals surface area contributed by atoms with Crippen LogP contribution >= 0.6 is 12.2 Å². The van der Waals surface area contributed by atoms with Gasteiger partial charge in [-0.05, 0) is 31.3 Å². The van der Waals surface area contributed by atoms with Gasteiger partial charge in [0.2, 0.25) is 5.91 Å². The first-order valence-corrected chi connectivity index (χ1v) is 6.97. The van der Waals surface area contributed by atoms with Crippen LogP contribution in [0.4, 0.5) is 4.39 Å². The van der Waals surface area contributed by atoms with E-state index in [0.717, 1.165) is 26.2 Å². The maximum absolute atomic E-state index is 12.8. The number of thiocarbonyl (C=S) groups is 1. The molecule has 0 radical (unpaired) electrons. The third-order valence-corrected chi connectivity index (χ3v) is 3.74. The molecule has 108 valence electrons. The summed E-state index contributed by atoms with van der Waals surface area (Å²) in [5, 5.41) is 2.93. The number of hydrogen-bond donors (Lipinski definition) is 1. The Morgan fingerprint density at radius 2 is 1.85 bits per heavy atom. The Morgan fingerprint density at radius 3 is 2.45 bits per heavy atom. The number of piperazine rings is 1. The van der Waals surface area contributed by atoms with Crippen molar-refractivity contribution in [2.45, 2.75) is 0 Å². The molecule has 1 saturated heterocycles. The first-order valence-electron chi connectivity index (χ1n) is 6.56. The Labute approximate surface area is 123 Å². The third-order valence-electron chi connectivity index (χ3n) is 3.36. The molecule has 20 heavy (non-hydrogen) atoms. The molecule has 1 aliphatic heterocycles. The van der Waals surface area contributed by atoms with Gasteiger partial charge in [-0.3, -0.25) is 4.79 Å². The van der Waals surface area contributed by atoms with Gasteiger partial charge in [0.25, 0.3) is 0 Å². The van der Waals surface area contributed by atoms with Gasteiger partial charge in [0.15, 0.2) is 0 Å². The number of amides is 1. The van der Waals surface area contributed by atoms with Gasteiger partial charge in [-0.2, -0.15) is 0 Å². The van der Waals surface area contributed by atoms with E-state index in [4.69, 9.17) is 12.2 Å². The van der Waals surface area contributed by atoms with Crippen molar-refractivity contribution in [3.05, 3.63) is 35.6 Å². The van der Waals surface area contributed by atoms with Gasteiger partial charge in [0, 0.05) is 31.7 Å². The summed E-state index contributed by atoms with van der Waals surface area (Å²) in [6.07, 6.45) is 0. The maximum Gasteiger partial charge on any atom is 0.241 e. The van der Waals surface area contributed by atoms with Crippen molar-refractivity contribution < 1.29 is 9.18 Å². The van der Waals surface area contributed by atoms with Crippen LogP contribution in [0.1, 0.15) is 5.56 Å². The predicted molar refractivity (Wildman–Crippen MR) is 80.2 cm³/mol. The van der Waals surface area contributed by atoms with Crippen molar-refractivity contribution >= 4 is 23.1 Å². The molecule has 0 spiro atoms. The smallest absolute Gasteiger partial charge is 0.241 e. The lowest BCUT2D eigenvalue weighted by molar-refractivity contribution is -0.131. The van der Waals surface area contributed by atoms with Crippen molar-refractivity contribution in [1.82, 2.24) is 15.1 Å². The Balaban J connectivity index is 1.81. The van der Waals surface area contributed by atoms with Gasteiger partial charge >= 0.3 is 0 Å². The molecule has 1 heterocycles. The minimum atomic E-state index is -0.301. The second-order valence-electron chi connectivity index (χ2n) is 4.87. The molecule has 6 heteroatoms. The molecule has 0 aromatic heterocycles. The second kappa shape index (κ2) is 6.76. The zero-order valence-corrected chi connectivity index (χ0v) is 12.3. The zero-order chi connectivity index (χ0) is 14.5. The number of halogens is 1. The first-order chi connectivity index (χ1) is 9.56. The summed E-state index contributed by atoms with van der Waals surface area (Å²) >= 11 is 5.19. The highest BCUT2D eigenvalue weighted by Crippen LogP contribution is 2.04. The summed E-state index contributed by atoms with van der Waals surface area (Å²) in [5.41, 5.74) is 0.715. The van der Waals surface area contributed by atoms with Gasteiger partial charge in [-0.15, -0.1) is 0 Å². The third kappa shape index (κ3) is 3.98. The fraction of sp³-hybridized carbons (Fsp3) is 0.429. The average Bonchev–Trinajstić information content (AvgIpc) is 2.46. The molecule has 1 fully saturated rings. The number of benzene rings is 1. The van der Waals surface area contributed by atoms with E-state index in [2.05, 4.69) is 10.2 Å². The highest BCUT2D eigenvalue weighted by Gasteiger charge is 2.18. The highest BCUT2D eigenvalue weighted by molar-refractivity contribution is 7.80. The fourth-order valence-corrected chi connectivity index (χ4v) is 2.24. The second-order valence-corrected chi connectivity index (χ2v) is 5.28. The molecule has 0 bridgehead atoms. The Morgan fingerprint density at radius 1 is 1.25 bits per heavy atom. The van der Waals surface area contributed by atoms with Crippen LogP contribution in [-0.2, 0) is 4.79 Å². The lowest BCUT2D eigenvalue weighted by atomic mass is 10.2. The number of nitrogens with one attached hydrogen (secondary N) is 1. The van der Waals surface area contributed by atoms with Crippen LogP contribution in [0.5, 0.6) is 0 Å². The Bertz CT molecular complexity index is 484. The molecule has 1 aliphatic rings. The monoisotopic (exact) mass is 295 g/mol. The van der Waals surface area contributed by atoms with Crippen molar-refractivity contribution in [1.29, 1.82) is 0 Å². The summed E-state index contributed by atoms with van der Waals surface area (Å²) in [5.74, 6) is -0.257. The standard InChI is InChI=1S/C14H18FN3OS/c1-17-6-8-18(9-7-17)13(19)10-16-14(20)11-2-4-12(15)5-3-11/h2-5H,6-10H2,1H3,(H,16,20). The van der Waals surface area contributed by atoms with E-state index >= 15 is 0 Å². The molecule has 1 N–H and O–H groups in total. The number of nitrogens with zero attached hydrogens (tertiary/aromatic N) is 2. The minimum Gasteiger partial charge on any atom is -0.367 e. The summed E-state index contributed by atoms with van der Waals surface area (Å²) < 4.78 is 12.8. The maximum atomic E-state index is 12.8. The molecule has 0 saturated carbocycles. The van der Waals surface area contributed by atoms with Gasteiger partial charge < -0.3 is 15.1 Å². The van der Waals surface area contributed by atoms with Crippen molar-refractivity contribution in [3.8, 4) is 0 Å². The molecule has 1 aromatic carbocycles. The normalized spacial score (nSPS) is 16.0. The number of rotatable bonds is 3. The van der Waals surface area contributed by atoms with Crippen LogP contribution in [0, 0.1) is 5.82 Å². The number of likely N-dealkylation sites (N-methyl/N-ethyl adjacent to an activating group) is 1. The van der Waals surface area contributed by atoms with Crippen LogP contribution in [0.3, 0.4) is 0 Å². The fourth-order valence-electron chi connectivity index (χ4n) is 2.03. The average molecular weight is 295 g/mol. The summed E-state index contributed by atoms with van der Waals surface area (Å²) in [6, 6.07) is 5.91. The lowest BCUT2D eigenvalue weighted by Gasteiger charge is -2.32. The Kier molecular flexibility index (Phi) is 5.03. The molecule has 0 unspecified atom stereocenters. The van der Waals surface area contributed by atoms with Crippen LogP contribution in [0.2, 0.25) is 0 Å². The van der Waals surface area contributed by atoms with E-state index in [9.17, 15) is 9.18 Å². The van der Waals surface area contributed by atoms with Gasteiger partial charge in [0.05, 0.1) is 6.54 Å². The number of carbonyl (C=O) groups excluding carboxylic acids is 1. The van der Waals surface area contributed by atoms with Crippen molar-refractivity contribution in [2.75, 3.05) is 39.8 Å². The molecule has 1 aromatic rings. The van der Waals surface area contributed by atoms with Gasteiger partial charge in [0.1, 0.15) is 10.8 Å². The van der Waals surface area contributed by atoms with Crippen LogP contribution < -0.4 is 5.32 Å². The molecule has 1 amide bonds. The SMILES string of the molecule is CN1CCN(C(=O)CNC(=S)c2ccc(F)cc2)CC1. The molecule has 0 aliphatic carbocycles. The quantitative estimate of drug-likeness (QED) is 0.839. The first kappa shape index (κ1) is 14.9. The van der Waals surface area contributed by atoms with Gasteiger partial charge in [-0.1, -0.05) is 12.2 Å². The lowest BCUT2D eigenvalue weighted by Crippen LogP contribution is -2.49. The predicted octanol–water partition coefficient (Wildman–Crippen LogP) is 0.865. The summed E-state index contributed by atoms with van der Waals surface area (Å²) in [6.45, 7) is 3.48. The van der Waals surface area contributed by atoms with Crippen LogP contribution in [0.15, 0.2) is 24.3 Å². The van der Waals surface area contributed by atoms with E-state index in [-0.39, 0.29) is 18.3 Å². The largest absolute Gasteiger partial charge is 0.367 e. The Hall–Kier alpha value is -1.53. The zero-order valence-electron chi connectivity index (χ0n) is 11.4. The summed E-state index contributed by atoms with van der Waals surface area (Å²) in [7, 11) is 2.05. The number of hydrogen-bond acceptors (Lipinski definition) is 3. The topological polar surface area (TPSA) is 35.6 Å². The van der Waals surface area contributed by atoms with E-state index < -0.39 is 0 Å². The van der Waals surface area contributed by atoms with Crippen LogP contribution in [0.25, 0.3) is 0 Å². The van der Waals surface area contributed by atoms with E-state index in [1.165, 1.54) is 12.1 Å². The minimum absolute atomic E-state index is 0.0440. The molecule has 4 nitrogen and oxygen atoms in total. The molecule has 2 rings (SSSR count). The molecular formula is C14H18FN3OS. The van der Waals surface area contributed by atoms with E-state index in [0.29, 0.717) is 10.6 Å². The number of carbonyl (C=O) groups is 1. The van der Waals surface area contributed by atoms with Crippen LogP contribution in [-0.4, -0.2) is 60.5 Å². The van der Waals surface area contributed by atoms with Crippen molar-refractivity contribution in [3.63, 3.8) is 0 Å². The molecule has 0 atom stereocenters. The van der Waals surface area contributed by atoms with Crippen molar-refractivity contribution in [2.24, 2.45) is 0 Å². The summed E-state index contributed by atoms with van der Waals surface area (Å²) in [4.78, 5) is 16.5. The molecular weight excluding hydrogens is 277 g/mol. The van der Waals surface area contributed by atoms with E-state index in [1.54, 1.807) is 12.1 Å². The highest BCUT2D eigenvalue weighted by atomic mass is 32.1. The van der Waals surface area contributed by atoms with Gasteiger partial charge in [-0.25, -0.2) is 4.39 Å².